The molecule has 9 nitrogen and oxygen atoms in total. The number of fused-ring (bicyclic) bond motifs is 1. The lowest BCUT2D eigenvalue weighted by atomic mass is 10.1. The topological polar surface area (TPSA) is 95.5 Å². The molecule has 0 saturated heterocycles. The second kappa shape index (κ2) is 8.07. The molecule has 0 aliphatic heterocycles. The number of hydrogen-bond donors (Lipinski definition) is 1. The highest BCUT2D eigenvalue weighted by atomic mass is 16.1. The molecule has 0 spiro atoms. The summed E-state index contributed by atoms with van der Waals surface area (Å²) < 4.78 is 5.72. The predicted molar refractivity (Wildman–Crippen MR) is 131 cm³/mol. The zero-order chi connectivity index (χ0) is 24.3. The monoisotopic (exact) mass is 460 g/mol. The van der Waals surface area contributed by atoms with E-state index in [1.54, 1.807) is 0 Å². The van der Waals surface area contributed by atoms with Crippen LogP contribution in [0.15, 0.2) is 12.1 Å². The van der Waals surface area contributed by atoms with E-state index >= 15 is 0 Å². The van der Waals surface area contributed by atoms with Crippen molar-refractivity contribution in [1.29, 1.82) is 0 Å². The van der Waals surface area contributed by atoms with Gasteiger partial charge in [0.15, 0.2) is 5.65 Å². The Morgan fingerprint density at radius 1 is 1.03 bits per heavy atom. The van der Waals surface area contributed by atoms with Gasteiger partial charge in [-0.1, -0.05) is 0 Å². The Morgan fingerprint density at radius 2 is 1.76 bits per heavy atom. The van der Waals surface area contributed by atoms with Crippen molar-refractivity contribution in [2.45, 2.75) is 79.9 Å². The van der Waals surface area contributed by atoms with Crippen LogP contribution in [0.3, 0.4) is 0 Å². The number of anilines is 1. The maximum Gasteiger partial charge on any atom is 0.256 e. The molecule has 34 heavy (non-hydrogen) atoms. The van der Waals surface area contributed by atoms with Crippen LogP contribution in [0, 0.1) is 34.6 Å². The highest BCUT2D eigenvalue weighted by Crippen LogP contribution is 2.41. The second-order valence-corrected chi connectivity index (χ2v) is 9.76. The van der Waals surface area contributed by atoms with Gasteiger partial charge in [0.25, 0.3) is 5.91 Å². The van der Waals surface area contributed by atoms with Crippen LogP contribution < -0.4 is 5.32 Å². The van der Waals surface area contributed by atoms with E-state index in [2.05, 4.69) is 29.4 Å². The van der Waals surface area contributed by atoms with Crippen molar-refractivity contribution in [3.8, 4) is 0 Å². The molecule has 5 rings (SSSR count). The molecule has 1 aliphatic carbocycles. The highest BCUT2D eigenvalue weighted by Gasteiger charge is 2.29. The van der Waals surface area contributed by atoms with Crippen molar-refractivity contribution in [3.05, 3.63) is 51.9 Å². The molecular formula is C25H32N8O. The number of carbonyl (C=O) groups excluding carboxylic acids is 1. The summed E-state index contributed by atoms with van der Waals surface area (Å²) in [6, 6.07) is 4.16. The van der Waals surface area contributed by atoms with Crippen LogP contribution in [0.1, 0.15) is 83.2 Å². The molecule has 0 bridgehead atoms. The first-order valence-electron chi connectivity index (χ1n) is 11.9. The molecule has 1 amide bonds. The molecular weight excluding hydrogens is 428 g/mol. The summed E-state index contributed by atoms with van der Waals surface area (Å²) in [6.45, 7) is 14.5. The minimum absolute atomic E-state index is 0.155. The fourth-order valence-electron chi connectivity index (χ4n) is 4.60. The van der Waals surface area contributed by atoms with E-state index < -0.39 is 0 Å². The van der Waals surface area contributed by atoms with Crippen molar-refractivity contribution in [2.24, 2.45) is 0 Å². The molecule has 1 N–H and O–H groups in total. The van der Waals surface area contributed by atoms with Gasteiger partial charge < -0.3 is 5.32 Å². The van der Waals surface area contributed by atoms with Gasteiger partial charge in [-0.25, -0.2) is 19.0 Å². The number of rotatable bonds is 6. The van der Waals surface area contributed by atoms with E-state index in [9.17, 15) is 4.79 Å². The first-order valence-corrected chi connectivity index (χ1v) is 11.9. The number of aryl methyl sites for hydroxylation is 4. The molecule has 1 saturated carbocycles. The minimum atomic E-state index is -0.155. The normalized spacial score (nSPS) is 13.9. The quantitative estimate of drug-likeness (QED) is 0.454. The Hall–Kier alpha value is -3.49. The van der Waals surface area contributed by atoms with E-state index in [1.807, 2.05) is 60.8 Å². The number of hydrogen-bond acceptors (Lipinski definition) is 5. The Kier molecular flexibility index (Phi) is 5.30. The van der Waals surface area contributed by atoms with Crippen molar-refractivity contribution < 1.29 is 4.79 Å². The van der Waals surface area contributed by atoms with E-state index in [-0.39, 0.29) is 11.9 Å². The molecule has 4 heterocycles. The lowest BCUT2D eigenvalue weighted by Crippen LogP contribution is -2.16. The van der Waals surface area contributed by atoms with Gasteiger partial charge in [0, 0.05) is 23.3 Å². The van der Waals surface area contributed by atoms with Gasteiger partial charge in [-0.3, -0.25) is 4.79 Å². The van der Waals surface area contributed by atoms with Crippen molar-refractivity contribution in [1.82, 2.24) is 34.3 Å². The molecule has 0 atom stereocenters. The zero-order valence-electron chi connectivity index (χ0n) is 21.0. The fraction of sp³-hybridized carbons (Fsp3) is 0.480. The molecule has 0 aromatic carbocycles. The van der Waals surface area contributed by atoms with Crippen LogP contribution in [0.25, 0.3) is 11.0 Å². The summed E-state index contributed by atoms with van der Waals surface area (Å²) in [5.74, 6) is 0.274. The number of nitrogens with zero attached hydrogens (tertiary/aromatic N) is 7. The van der Waals surface area contributed by atoms with Crippen molar-refractivity contribution >= 4 is 22.6 Å². The molecule has 0 unspecified atom stereocenters. The van der Waals surface area contributed by atoms with Crippen LogP contribution >= 0.6 is 0 Å². The lowest BCUT2D eigenvalue weighted by Gasteiger charge is -2.11. The molecule has 9 heteroatoms. The van der Waals surface area contributed by atoms with E-state index in [0.29, 0.717) is 18.2 Å². The Labute approximate surface area is 199 Å². The molecule has 1 fully saturated rings. The summed E-state index contributed by atoms with van der Waals surface area (Å²) in [4.78, 5) is 18.6. The summed E-state index contributed by atoms with van der Waals surface area (Å²) in [5, 5.41) is 17.9. The highest BCUT2D eigenvalue weighted by molar-refractivity contribution is 6.13. The van der Waals surface area contributed by atoms with Crippen LogP contribution in [0.5, 0.6) is 0 Å². The van der Waals surface area contributed by atoms with Gasteiger partial charge in [-0.15, -0.1) is 0 Å². The second-order valence-electron chi connectivity index (χ2n) is 9.76. The van der Waals surface area contributed by atoms with E-state index in [1.165, 1.54) is 0 Å². The molecule has 4 aromatic heterocycles. The molecule has 0 radical (unpaired) electrons. The third-order valence-corrected chi connectivity index (χ3v) is 6.58. The SMILES string of the molecule is Cc1cc(C)n(Cn2nc(C)c(NC(=O)c3cc(C4CC4)nc4c3c(C)nn4C(C)C)c2C)n1. The van der Waals surface area contributed by atoms with Crippen molar-refractivity contribution in [3.63, 3.8) is 0 Å². The van der Waals surface area contributed by atoms with Crippen LogP contribution in [0.4, 0.5) is 5.69 Å². The Balaban J connectivity index is 1.52. The van der Waals surface area contributed by atoms with Gasteiger partial charge in [-0.2, -0.15) is 15.3 Å². The van der Waals surface area contributed by atoms with Gasteiger partial charge in [0.2, 0.25) is 0 Å². The zero-order valence-corrected chi connectivity index (χ0v) is 21.0. The fourth-order valence-corrected chi connectivity index (χ4v) is 4.60. The average Bonchev–Trinajstić information content (AvgIpc) is 3.45. The van der Waals surface area contributed by atoms with Crippen LogP contribution in [0.2, 0.25) is 0 Å². The number of aromatic nitrogens is 7. The first-order chi connectivity index (χ1) is 16.1. The smallest absolute Gasteiger partial charge is 0.256 e. The Morgan fingerprint density at radius 3 is 2.38 bits per heavy atom. The third kappa shape index (κ3) is 3.78. The van der Waals surface area contributed by atoms with Gasteiger partial charge in [-0.05, 0) is 73.4 Å². The predicted octanol–water partition coefficient (Wildman–Crippen LogP) is 4.58. The summed E-state index contributed by atoms with van der Waals surface area (Å²) in [6.07, 6.45) is 2.23. The van der Waals surface area contributed by atoms with Gasteiger partial charge >= 0.3 is 0 Å². The third-order valence-electron chi connectivity index (χ3n) is 6.58. The molecule has 4 aromatic rings. The van der Waals surface area contributed by atoms with E-state index in [0.717, 1.165) is 63.7 Å². The number of carbonyl (C=O) groups is 1. The van der Waals surface area contributed by atoms with E-state index in [4.69, 9.17) is 10.1 Å². The summed E-state index contributed by atoms with van der Waals surface area (Å²) in [7, 11) is 0. The van der Waals surface area contributed by atoms with Crippen LogP contribution in [-0.4, -0.2) is 40.2 Å². The van der Waals surface area contributed by atoms with Gasteiger partial charge in [0.05, 0.1) is 39.4 Å². The first kappa shape index (κ1) is 22.3. The van der Waals surface area contributed by atoms with Crippen molar-refractivity contribution in [2.75, 3.05) is 5.32 Å². The molecule has 178 valence electrons. The number of nitrogens with one attached hydrogen (secondary N) is 1. The number of pyridine rings is 1. The maximum atomic E-state index is 13.7. The number of amides is 1. The van der Waals surface area contributed by atoms with Crippen LogP contribution in [-0.2, 0) is 6.67 Å². The summed E-state index contributed by atoms with van der Waals surface area (Å²) >= 11 is 0. The lowest BCUT2D eigenvalue weighted by molar-refractivity contribution is 0.102. The standard InChI is InChI=1S/C25H32N8O/c1-13(2)33-24-22(16(5)30-33)20(11-21(26-24)19-8-9-19)25(34)27-23-17(6)29-32(18(23)7)12-31-15(4)10-14(3)28-31/h10-11,13,19H,8-9,12H2,1-7H3,(H,27,34). The Bertz CT molecular complexity index is 1420. The summed E-state index contributed by atoms with van der Waals surface area (Å²) in [5.41, 5.74) is 7.65. The largest absolute Gasteiger partial charge is 0.319 e. The minimum Gasteiger partial charge on any atom is -0.319 e. The molecule has 1 aliphatic rings. The van der Waals surface area contributed by atoms with Gasteiger partial charge in [0.1, 0.15) is 6.67 Å². The maximum absolute atomic E-state index is 13.7. The average molecular weight is 461 g/mol.